The Bertz CT molecular complexity index is 602. The van der Waals surface area contributed by atoms with Crippen molar-refractivity contribution in [2.75, 3.05) is 6.54 Å². The zero-order chi connectivity index (χ0) is 15.2. The van der Waals surface area contributed by atoms with E-state index in [0.29, 0.717) is 18.9 Å². The molecular formula is C16H19NO3S. The normalized spacial score (nSPS) is 12.2. The molecule has 2 N–H and O–H groups in total. The minimum Gasteiger partial charge on any atom is -0.481 e. The molecule has 0 saturated heterocycles. The molecule has 0 aliphatic rings. The molecule has 0 bridgehead atoms. The summed E-state index contributed by atoms with van der Waals surface area (Å²) in [5.41, 5.74) is 0. The first-order chi connectivity index (χ1) is 10.1. The van der Waals surface area contributed by atoms with E-state index in [0.717, 1.165) is 21.4 Å². The lowest BCUT2D eigenvalue weighted by atomic mass is 10.0. The van der Waals surface area contributed by atoms with Crippen molar-refractivity contribution in [3.63, 3.8) is 0 Å². The quantitative estimate of drug-likeness (QED) is 0.822. The third kappa shape index (κ3) is 4.56. The number of amides is 1. The first-order valence-electron chi connectivity index (χ1n) is 7.05. The zero-order valence-electron chi connectivity index (χ0n) is 12.0. The molecular weight excluding hydrogens is 286 g/mol. The highest BCUT2D eigenvalue weighted by Crippen LogP contribution is 2.25. The van der Waals surface area contributed by atoms with Gasteiger partial charge in [0.15, 0.2) is 0 Å². The Kier molecular flexibility index (Phi) is 5.33. The second-order valence-corrected chi connectivity index (χ2v) is 6.31. The van der Waals surface area contributed by atoms with Crippen molar-refractivity contribution >= 4 is 33.3 Å². The number of rotatable bonds is 7. The van der Waals surface area contributed by atoms with E-state index in [9.17, 15) is 9.59 Å². The van der Waals surface area contributed by atoms with Gasteiger partial charge in [-0.2, -0.15) is 0 Å². The number of carbonyl (C=O) groups is 2. The topological polar surface area (TPSA) is 66.4 Å². The molecule has 0 aliphatic carbocycles. The van der Waals surface area contributed by atoms with E-state index in [-0.39, 0.29) is 12.3 Å². The van der Waals surface area contributed by atoms with Gasteiger partial charge >= 0.3 is 5.97 Å². The van der Waals surface area contributed by atoms with Crippen LogP contribution in [0.3, 0.4) is 0 Å². The summed E-state index contributed by atoms with van der Waals surface area (Å²) in [5.74, 6) is -0.526. The van der Waals surface area contributed by atoms with Crippen molar-refractivity contribution in [1.29, 1.82) is 0 Å². The minimum absolute atomic E-state index is 0.0540. The lowest BCUT2D eigenvalue weighted by molar-refractivity contribution is -0.137. The second kappa shape index (κ2) is 7.22. The van der Waals surface area contributed by atoms with Crippen molar-refractivity contribution in [1.82, 2.24) is 5.32 Å². The predicted octanol–water partition coefficient (Wildman–Crippen LogP) is 3.52. The summed E-state index contributed by atoms with van der Waals surface area (Å²) in [6.45, 7) is 2.59. The highest BCUT2D eigenvalue weighted by Gasteiger charge is 2.10. The molecule has 5 heteroatoms. The molecule has 2 rings (SSSR count). The Labute approximate surface area is 127 Å². The van der Waals surface area contributed by atoms with E-state index < -0.39 is 5.97 Å². The SMILES string of the molecule is CC(CCNC(=O)c1cc2ccccc2s1)CCC(=O)O. The van der Waals surface area contributed by atoms with Gasteiger partial charge in [-0.05, 0) is 36.3 Å². The highest BCUT2D eigenvalue weighted by molar-refractivity contribution is 7.20. The first-order valence-corrected chi connectivity index (χ1v) is 7.86. The number of hydrogen-bond acceptors (Lipinski definition) is 3. The molecule has 1 heterocycles. The fourth-order valence-corrected chi connectivity index (χ4v) is 3.11. The number of thiophene rings is 1. The van der Waals surface area contributed by atoms with Crippen molar-refractivity contribution in [2.24, 2.45) is 5.92 Å². The molecule has 0 fully saturated rings. The van der Waals surface area contributed by atoms with E-state index in [2.05, 4.69) is 5.32 Å². The number of aliphatic carboxylic acids is 1. The number of nitrogens with one attached hydrogen (secondary N) is 1. The van der Waals surface area contributed by atoms with E-state index in [1.807, 2.05) is 37.3 Å². The van der Waals surface area contributed by atoms with Gasteiger partial charge in [0.05, 0.1) is 4.88 Å². The first kappa shape index (κ1) is 15.5. The van der Waals surface area contributed by atoms with Gasteiger partial charge < -0.3 is 10.4 Å². The third-order valence-electron chi connectivity index (χ3n) is 3.42. The molecule has 4 nitrogen and oxygen atoms in total. The summed E-state index contributed by atoms with van der Waals surface area (Å²) in [6, 6.07) is 9.83. The van der Waals surface area contributed by atoms with Crippen molar-refractivity contribution in [2.45, 2.75) is 26.2 Å². The summed E-state index contributed by atoms with van der Waals surface area (Å²) in [6.07, 6.45) is 1.63. The van der Waals surface area contributed by atoms with Crippen LogP contribution in [-0.4, -0.2) is 23.5 Å². The maximum Gasteiger partial charge on any atom is 0.303 e. The summed E-state index contributed by atoms with van der Waals surface area (Å²) in [4.78, 5) is 23.3. The molecule has 1 aromatic carbocycles. The van der Waals surface area contributed by atoms with Crippen LogP contribution in [0.4, 0.5) is 0 Å². The van der Waals surface area contributed by atoms with Crippen molar-refractivity contribution in [3.8, 4) is 0 Å². The Balaban J connectivity index is 1.80. The van der Waals surface area contributed by atoms with E-state index in [1.54, 1.807) is 0 Å². The largest absolute Gasteiger partial charge is 0.481 e. The van der Waals surface area contributed by atoms with Gasteiger partial charge in [-0.1, -0.05) is 25.1 Å². The lowest BCUT2D eigenvalue weighted by Crippen LogP contribution is -2.24. The Morgan fingerprint density at radius 1 is 1.29 bits per heavy atom. The molecule has 1 unspecified atom stereocenters. The number of fused-ring (bicyclic) bond motifs is 1. The standard InChI is InChI=1S/C16H19NO3S/c1-11(6-7-15(18)19)8-9-17-16(20)14-10-12-4-2-3-5-13(12)21-14/h2-5,10-11H,6-9H2,1H3,(H,17,20)(H,18,19). The van der Waals surface area contributed by atoms with E-state index in [4.69, 9.17) is 5.11 Å². The molecule has 0 radical (unpaired) electrons. The number of carboxylic acid groups (broad SMARTS) is 1. The van der Waals surface area contributed by atoms with Gasteiger partial charge in [0.2, 0.25) is 0 Å². The van der Waals surface area contributed by atoms with Crippen LogP contribution in [0.5, 0.6) is 0 Å². The van der Waals surface area contributed by atoms with Crippen LogP contribution in [0.25, 0.3) is 10.1 Å². The maximum atomic E-state index is 12.1. The summed E-state index contributed by atoms with van der Waals surface area (Å²) in [5, 5.41) is 12.6. The highest BCUT2D eigenvalue weighted by atomic mass is 32.1. The van der Waals surface area contributed by atoms with E-state index >= 15 is 0 Å². The molecule has 0 aliphatic heterocycles. The molecule has 0 spiro atoms. The van der Waals surface area contributed by atoms with E-state index in [1.165, 1.54) is 11.3 Å². The fourth-order valence-electron chi connectivity index (χ4n) is 2.13. The lowest BCUT2D eigenvalue weighted by Gasteiger charge is -2.10. The van der Waals surface area contributed by atoms with Crippen LogP contribution in [0.1, 0.15) is 35.9 Å². The van der Waals surface area contributed by atoms with Crippen LogP contribution < -0.4 is 5.32 Å². The molecule has 1 aromatic heterocycles. The molecule has 1 amide bonds. The van der Waals surface area contributed by atoms with Crippen LogP contribution in [0.15, 0.2) is 30.3 Å². The number of hydrogen-bond donors (Lipinski definition) is 2. The number of benzene rings is 1. The van der Waals surface area contributed by atoms with Gasteiger partial charge in [-0.3, -0.25) is 9.59 Å². The zero-order valence-corrected chi connectivity index (χ0v) is 12.8. The average Bonchev–Trinajstić information content (AvgIpc) is 2.89. The van der Waals surface area contributed by atoms with Gasteiger partial charge in [0.1, 0.15) is 0 Å². The van der Waals surface area contributed by atoms with Gasteiger partial charge in [0, 0.05) is 17.7 Å². The Hall–Kier alpha value is -1.88. The van der Waals surface area contributed by atoms with Crippen molar-refractivity contribution < 1.29 is 14.7 Å². The van der Waals surface area contributed by atoms with Gasteiger partial charge in [-0.25, -0.2) is 0 Å². The Morgan fingerprint density at radius 3 is 2.76 bits per heavy atom. The molecule has 0 saturated carbocycles. The van der Waals surface area contributed by atoms with Crippen LogP contribution in [-0.2, 0) is 4.79 Å². The number of carbonyl (C=O) groups excluding carboxylic acids is 1. The molecule has 2 aromatic rings. The van der Waals surface area contributed by atoms with Crippen LogP contribution >= 0.6 is 11.3 Å². The monoisotopic (exact) mass is 305 g/mol. The second-order valence-electron chi connectivity index (χ2n) is 5.23. The molecule has 1 atom stereocenters. The van der Waals surface area contributed by atoms with Gasteiger partial charge in [0.25, 0.3) is 5.91 Å². The summed E-state index contributed by atoms with van der Waals surface area (Å²) < 4.78 is 1.11. The van der Waals surface area contributed by atoms with Crippen LogP contribution in [0, 0.1) is 5.92 Å². The average molecular weight is 305 g/mol. The number of carboxylic acids is 1. The fraction of sp³-hybridized carbons (Fsp3) is 0.375. The summed E-state index contributed by atoms with van der Waals surface area (Å²) in [7, 11) is 0. The predicted molar refractivity (Wildman–Crippen MR) is 84.8 cm³/mol. The Morgan fingerprint density at radius 2 is 2.05 bits per heavy atom. The van der Waals surface area contributed by atoms with Crippen LogP contribution in [0.2, 0.25) is 0 Å². The van der Waals surface area contributed by atoms with Crippen molar-refractivity contribution in [3.05, 3.63) is 35.2 Å². The molecule has 112 valence electrons. The molecule has 21 heavy (non-hydrogen) atoms. The summed E-state index contributed by atoms with van der Waals surface area (Å²) >= 11 is 1.49. The van der Waals surface area contributed by atoms with Gasteiger partial charge in [-0.15, -0.1) is 11.3 Å². The maximum absolute atomic E-state index is 12.1. The smallest absolute Gasteiger partial charge is 0.303 e. The minimum atomic E-state index is -0.767. The third-order valence-corrected chi connectivity index (χ3v) is 4.54.